The molecule has 3 aromatic rings. The van der Waals surface area contributed by atoms with Crippen LogP contribution in [0, 0.1) is 22.9 Å². The standard InChI is InChI=1S/C21H18FN3O5S/c1-14-6-9-18(25(27)28)13-20(14)23-21(26)15-4-3-5-19(12-15)31(29,30)24(2)17-10-7-16(22)8-11-17/h3-13H,1-2H3,(H,23,26). The molecule has 31 heavy (non-hydrogen) atoms. The molecule has 10 heteroatoms. The molecule has 0 bridgehead atoms. The number of nitro groups is 1. The second kappa shape index (κ2) is 8.52. The Bertz CT molecular complexity index is 1260. The number of carbonyl (C=O) groups excluding carboxylic acids is 1. The largest absolute Gasteiger partial charge is 0.321 e. The monoisotopic (exact) mass is 443 g/mol. The molecule has 1 N–H and O–H groups in total. The molecule has 0 saturated heterocycles. The van der Waals surface area contributed by atoms with Crippen molar-refractivity contribution in [1.29, 1.82) is 0 Å². The first-order chi connectivity index (χ1) is 14.6. The molecule has 1 amide bonds. The minimum absolute atomic E-state index is 0.0551. The molecular weight excluding hydrogens is 425 g/mol. The highest BCUT2D eigenvalue weighted by Crippen LogP contribution is 2.25. The molecule has 0 spiro atoms. The molecule has 0 atom stereocenters. The number of nitrogens with zero attached hydrogens (tertiary/aromatic N) is 2. The molecule has 0 heterocycles. The van der Waals surface area contributed by atoms with Gasteiger partial charge in [0.05, 0.1) is 21.2 Å². The maximum Gasteiger partial charge on any atom is 0.271 e. The zero-order chi connectivity index (χ0) is 22.8. The lowest BCUT2D eigenvalue weighted by molar-refractivity contribution is -0.384. The van der Waals surface area contributed by atoms with Gasteiger partial charge in [-0.3, -0.25) is 19.2 Å². The number of non-ortho nitro benzene ring substituents is 1. The first kappa shape index (κ1) is 21.9. The van der Waals surface area contributed by atoms with E-state index in [0.29, 0.717) is 5.56 Å². The Labute approximate surface area is 178 Å². The zero-order valence-electron chi connectivity index (χ0n) is 16.6. The number of anilines is 2. The number of aryl methyl sites for hydroxylation is 1. The Hall–Kier alpha value is -3.79. The van der Waals surface area contributed by atoms with Gasteiger partial charge in [0.15, 0.2) is 0 Å². The summed E-state index contributed by atoms with van der Waals surface area (Å²) in [6.07, 6.45) is 0. The smallest absolute Gasteiger partial charge is 0.271 e. The number of nitrogens with one attached hydrogen (secondary N) is 1. The fourth-order valence-electron chi connectivity index (χ4n) is 2.80. The van der Waals surface area contributed by atoms with Crippen molar-refractivity contribution in [2.24, 2.45) is 0 Å². The highest BCUT2D eigenvalue weighted by atomic mass is 32.2. The lowest BCUT2D eigenvalue weighted by atomic mass is 10.1. The van der Waals surface area contributed by atoms with E-state index in [0.717, 1.165) is 16.4 Å². The number of hydrogen-bond donors (Lipinski definition) is 1. The van der Waals surface area contributed by atoms with E-state index in [-0.39, 0.29) is 27.5 Å². The van der Waals surface area contributed by atoms with Gasteiger partial charge in [-0.05, 0) is 55.0 Å². The van der Waals surface area contributed by atoms with Gasteiger partial charge in [0, 0.05) is 24.7 Å². The van der Waals surface area contributed by atoms with Crippen LogP contribution in [-0.2, 0) is 10.0 Å². The van der Waals surface area contributed by atoms with Crippen LogP contribution in [0.3, 0.4) is 0 Å². The number of sulfonamides is 1. The number of hydrogen-bond acceptors (Lipinski definition) is 5. The third-order valence-electron chi connectivity index (χ3n) is 4.63. The SMILES string of the molecule is Cc1ccc([N+](=O)[O-])cc1NC(=O)c1cccc(S(=O)(=O)N(C)c2ccc(F)cc2)c1. The van der Waals surface area contributed by atoms with E-state index in [2.05, 4.69) is 5.32 Å². The number of nitro benzene ring substituents is 1. The molecule has 0 aliphatic heterocycles. The maximum absolute atomic E-state index is 13.1. The fourth-order valence-corrected chi connectivity index (χ4v) is 4.04. The van der Waals surface area contributed by atoms with E-state index in [1.54, 1.807) is 6.92 Å². The molecule has 8 nitrogen and oxygen atoms in total. The van der Waals surface area contributed by atoms with Crippen molar-refractivity contribution >= 4 is 33.0 Å². The van der Waals surface area contributed by atoms with Gasteiger partial charge < -0.3 is 5.32 Å². The van der Waals surface area contributed by atoms with Gasteiger partial charge in [-0.15, -0.1) is 0 Å². The number of amides is 1. The Balaban J connectivity index is 1.89. The molecule has 0 unspecified atom stereocenters. The summed E-state index contributed by atoms with van der Waals surface area (Å²) in [7, 11) is -2.70. The van der Waals surface area contributed by atoms with Crippen molar-refractivity contribution in [3.63, 3.8) is 0 Å². The van der Waals surface area contributed by atoms with Crippen LogP contribution in [-0.4, -0.2) is 26.3 Å². The van der Waals surface area contributed by atoms with E-state index in [1.807, 2.05) is 0 Å². The van der Waals surface area contributed by atoms with E-state index in [9.17, 15) is 27.7 Å². The first-order valence-electron chi connectivity index (χ1n) is 9.00. The van der Waals surface area contributed by atoms with Crippen LogP contribution in [0.4, 0.5) is 21.5 Å². The van der Waals surface area contributed by atoms with Gasteiger partial charge >= 0.3 is 0 Å². The Kier molecular flexibility index (Phi) is 6.02. The summed E-state index contributed by atoms with van der Waals surface area (Å²) in [6, 6.07) is 14.4. The summed E-state index contributed by atoms with van der Waals surface area (Å²) in [5.41, 5.74) is 0.982. The highest BCUT2D eigenvalue weighted by molar-refractivity contribution is 7.92. The Morgan fingerprint density at radius 2 is 1.74 bits per heavy atom. The molecule has 3 aromatic carbocycles. The average molecular weight is 443 g/mol. The molecule has 0 aromatic heterocycles. The summed E-state index contributed by atoms with van der Waals surface area (Å²) in [5, 5.41) is 13.5. The molecule has 3 rings (SSSR count). The first-order valence-corrected chi connectivity index (χ1v) is 10.4. The third kappa shape index (κ3) is 4.69. The van der Waals surface area contributed by atoms with Gasteiger partial charge in [0.1, 0.15) is 5.82 Å². The van der Waals surface area contributed by atoms with Gasteiger partial charge in [0.25, 0.3) is 21.6 Å². The van der Waals surface area contributed by atoms with Crippen LogP contribution < -0.4 is 9.62 Å². The Morgan fingerprint density at radius 1 is 1.06 bits per heavy atom. The fraction of sp³-hybridized carbons (Fsp3) is 0.0952. The summed E-state index contributed by atoms with van der Waals surface area (Å²) in [6.45, 7) is 1.68. The second-order valence-corrected chi connectivity index (χ2v) is 8.66. The lowest BCUT2D eigenvalue weighted by Crippen LogP contribution is -2.27. The van der Waals surface area contributed by atoms with Gasteiger partial charge in [-0.2, -0.15) is 0 Å². The number of carbonyl (C=O) groups is 1. The Morgan fingerprint density at radius 3 is 2.39 bits per heavy atom. The third-order valence-corrected chi connectivity index (χ3v) is 6.41. The lowest BCUT2D eigenvalue weighted by Gasteiger charge is -2.20. The number of benzene rings is 3. The van der Waals surface area contributed by atoms with E-state index >= 15 is 0 Å². The quantitative estimate of drug-likeness (QED) is 0.455. The molecule has 0 aliphatic rings. The van der Waals surface area contributed by atoms with Crippen LogP contribution in [0.5, 0.6) is 0 Å². The van der Waals surface area contributed by atoms with Crippen molar-refractivity contribution < 1.29 is 22.5 Å². The van der Waals surface area contributed by atoms with Crippen molar-refractivity contribution in [3.05, 3.63) is 93.8 Å². The maximum atomic E-state index is 13.1. The summed E-state index contributed by atoms with van der Waals surface area (Å²) in [4.78, 5) is 22.9. The molecule has 160 valence electrons. The van der Waals surface area contributed by atoms with E-state index < -0.39 is 26.7 Å². The van der Waals surface area contributed by atoms with Crippen LogP contribution in [0.1, 0.15) is 15.9 Å². The van der Waals surface area contributed by atoms with Gasteiger partial charge in [-0.25, -0.2) is 12.8 Å². The second-order valence-electron chi connectivity index (χ2n) is 6.69. The van der Waals surface area contributed by atoms with Gasteiger partial charge in [0.2, 0.25) is 0 Å². The van der Waals surface area contributed by atoms with Crippen LogP contribution in [0.2, 0.25) is 0 Å². The van der Waals surface area contributed by atoms with Crippen LogP contribution in [0.15, 0.2) is 71.6 Å². The molecule has 0 aliphatic carbocycles. The predicted octanol–water partition coefficient (Wildman–Crippen LogP) is 4.12. The number of rotatable bonds is 6. The molecule has 0 fully saturated rings. The molecule has 0 radical (unpaired) electrons. The topological polar surface area (TPSA) is 110 Å². The van der Waals surface area contributed by atoms with Crippen molar-refractivity contribution in [1.82, 2.24) is 0 Å². The van der Waals surface area contributed by atoms with Crippen molar-refractivity contribution in [2.75, 3.05) is 16.7 Å². The van der Waals surface area contributed by atoms with E-state index in [1.165, 1.54) is 61.6 Å². The van der Waals surface area contributed by atoms with Gasteiger partial charge in [-0.1, -0.05) is 12.1 Å². The van der Waals surface area contributed by atoms with Crippen LogP contribution >= 0.6 is 0 Å². The van der Waals surface area contributed by atoms with Crippen LogP contribution in [0.25, 0.3) is 0 Å². The predicted molar refractivity (Wildman–Crippen MR) is 114 cm³/mol. The summed E-state index contributed by atoms with van der Waals surface area (Å²) < 4.78 is 40.0. The van der Waals surface area contributed by atoms with Crippen molar-refractivity contribution in [2.45, 2.75) is 11.8 Å². The normalized spacial score (nSPS) is 11.1. The minimum atomic E-state index is -4.02. The summed E-state index contributed by atoms with van der Waals surface area (Å²) >= 11 is 0. The zero-order valence-corrected chi connectivity index (χ0v) is 17.4. The number of halogens is 1. The molecular formula is C21H18FN3O5S. The van der Waals surface area contributed by atoms with E-state index in [4.69, 9.17) is 0 Å². The average Bonchev–Trinajstić information content (AvgIpc) is 2.75. The highest BCUT2D eigenvalue weighted by Gasteiger charge is 2.23. The summed E-state index contributed by atoms with van der Waals surface area (Å²) in [5.74, 6) is -1.12. The molecule has 0 saturated carbocycles. The minimum Gasteiger partial charge on any atom is -0.321 e. The van der Waals surface area contributed by atoms with Crippen molar-refractivity contribution in [3.8, 4) is 0 Å².